The van der Waals surface area contributed by atoms with Gasteiger partial charge >= 0.3 is 6.18 Å². The highest BCUT2D eigenvalue weighted by Crippen LogP contribution is 2.36. The molecule has 2 aromatic rings. The number of morpholine rings is 1. The molecule has 246 valence electrons. The molecule has 46 heavy (non-hydrogen) atoms. The van der Waals surface area contributed by atoms with Gasteiger partial charge in [0, 0.05) is 18.8 Å². The molecule has 0 saturated carbocycles. The molecule has 1 saturated heterocycles. The van der Waals surface area contributed by atoms with E-state index in [1.807, 2.05) is 45.1 Å². The molecule has 1 fully saturated rings. The first kappa shape index (κ1) is 36.0. The van der Waals surface area contributed by atoms with E-state index in [1.165, 1.54) is 24.6 Å². The summed E-state index contributed by atoms with van der Waals surface area (Å²) in [4.78, 5) is 10.4. The molecule has 11 heteroatoms. The van der Waals surface area contributed by atoms with Crippen molar-refractivity contribution < 1.29 is 22.3 Å². The first-order valence-corrected chi connectivity index (χ1v) is 15.3. The maximum absolute atomic E-state index is 14.5. The standard InChI is InChI=1S/C35H42F4N6O/c1-6-10-12-26(8-3)32(13-11-7-2)27-20-28(35(37,38)39)22-31(21-27)43-30-15-14-29(40-23-30)24-41-44-25(5)42-34(33(36)9-4)45-16-18-46-19-17-45/h6,9-11,13-15,20-24,43-44H,5,7-8,12,16-19H2,1-4H3/b10-6-,13-11+,32-26+,33-9+,41-24+,42-34+. The highest BCUT2D eigenvalue weighted by atomic mass is 19.4. The molecule has 1 aromatic heterocycles. The lowest BCUT2D eigenvalue weighted by Gasteiger charge is -2.29. The van der Waals surface area contributed by atoms with Gasteiger partial charge in [0.25, 0.3) is 0 Å². The molecule has 0 atom stereocenters. The number of halogens is 4. The van der Waals surface area contributed by atoms with Crippen molar-refractivity contribution in [3.63, 3.8) is 0 Å². The van der Waals surface area contributed by atoms with Crippen molar-refractivity contribution in [3.05, 3.63) is 108 Å². The minimum absolute atomic E-state index is 0.132. The molecule has 1 aliphatic heterocycles. The first-order chi connectivity index (χ1) is 22.1. The molecule has 1 aliphatic rings. The zero-order valence-electron chi connectivity index (χ0n) is 26.8. The van der Waals surface area contributed by atoms with Crippen molar-refractivity contribution in [1.29, 1.82) is 0 Å². The molecule has 2 heterocycles. The zero-order chi connectivity index (χ0) is 33.5. The molecule has 0 radical (unpaired) electrons. The van der Waals surface area contributed by atoms with Gasteiger partial charge in [0.05, 0.1) is 42.6 Å². The summed E-state index contributed by atoms with van der Waals surface area (Å²) in [6.45, 7) is 13.3. The summed E-state index contributed by atoms with van der Waals surface area (Å²) in [5.41, 5.74) is 5.51. The van der Waals surface area contributed by atoms with Crippen LogP contribution in [0.1, 0.15) is 63.8 Å². The number of amidine groups is 1. The minimum Gasteiger partial charge on any atom is -0.378 e. The third-order valence-electron chi connectivity index (χ3n) is 6.98. The largest absolute Gasteiger partial charge is 0.416 e. The van der Waals surface area contributed by atoms with Crippen molar-refractivity contribution in [3.8, 4) is 0 Å². The lowest BCUT2D eigenvalue weighted by Crippen LogP contribution is -2.41. The molecule has 0 bridgehead atoms. The predicted molar refractivity (Wildman–Crippen MR) is 180 cm³/mol. The van der Waals surface area contributed by atoms with Crippen molar-refractivity contribution >= 4 is 29.0 Å². The van der Waals surface area contributed by atoms with Crippen molar-refractivity contribution in [2.75, 3.05) is 31.6 Å². The van der Waals surface area contributed by atoms with Gasteiger partial charge in [0.1, 0.15) is 5.82 Å². The van der Waals surface area contributed by atoms with Crippen LogP contribution in [-0.2, 0) is 10.9 Å². The highest BCUT2D eigenvalue weighted by Gasteiger charge is 2.31. The van der Waals surface area contributed by atoms with E-state index in [4.69, 9.17) is 4.74 Å². The molecule has 0 amide bonds. The Morgan fingerprint density at radius 3 is 2.46 bits per heavy atom. The molecule has 0 unspecified atom stereocenters. The van der Waals surface area contributed by atoms with Gasteiger partial charge in [-0.2, -0.15) is 18.3 Å². The van der Waals surface area contributed by atoms with Gasteiger partial charge in [-0.15, -0.1) is 0 Å². The van der Waals surface area contributed by atoms with Crippen LogP contribution in [0.4, 0.5) is 28.9 Å². The summed E-state index contributed by atoms with van der Waals surface area (Å²) >= 11 is 0. The van der Waals surface area contributed by atoms with Gasteiger partial charge in [0.15, 0.2) is 11.7 Å². The topological polar surface area (TPSA) is 74.1 Å². The van der Waals surface area contributed by atoms with E-state index in [1.54, 1.807) is 30.0 Å². The number of alkyl halides is 3. The number of nitrogens with one attached hydrogen (secondary N) is 2. The van der Waals surface area contributed by atoms with Crippen LogP contribution in [0.15, 0.2) is 101 Å². The fourth-order valence-electron chi connectivity index (χ4n) is 4.61. The molecular weight excluding hydrogens is 596 g/mol. The van der Waals surface area contributed by atoms with Crippen molar-refractivity contribution in [2.45, 2.75) is 53.1 Å². The van der Waals surface area contributed by atoms with Crippen LogP contribution in [0.3, 0.4) is 0 Å². The Morgan fingerprint density at radius 2 is 1.85 bits per heavy atom. The van der Waals surface area contributed by atoms with Gasteiger partial charge in [-0.3, -0.25) is 10.4 Å². The predicted octanol–water partition coefficient (Wildman–Crippen LogP) is 8.94. The van der Waals surface area contributed by atoms with Gasteiger partial charge in [0.2, 0.25) is 0 Å². The van der Waals surface area contributed by atoms with Gasteiger partial charge in [-0.1, -0.05) is 50.3 Å². The molecule has 3 rings (SSSR count). The number of rotatable bonds is 13. The second-order valence-corrected chi connectivity index (χ2v) is 10.3. The number of hydrogen-bond donors (Lipinski definition) is 2. The van der Waals surface area contributed by atoms with Crippen LogP contribution in [-0.4, -0.2) is 48.2 Å². The van der Waals surface area contributed by atoms with E-state index in [0.29, 0.717) is 56.1 Å². The van der Waals surface area contributed by atoms with Gasteiger partial charge < -0.3 is 15.0 Å². The molecular formula is C35H42F4N6O. The number of hydrazone groups is 1. The summed E-state index contributed by atoms with van der Waals surface area (Å²) < 4.78 is 61.8. The van der Waals surface area contributed by atoms with E-state index in [0.717, 1.165) is 23.6 Å². The fourth-order valence-corrected chi connectivity index (χ4v) is 4.61. The Balaban J connectivity index is 1.81. The maximum Gasteiger partial charge on any atom is 0.416 e. The van der Waals surface area contributed by atoms with Crippen LogP contribution in [0.5, 0.6) is 0 Å². The number of ether oxygens (including phenoxy) is 1. The lowest BCUT2D eigenvalue weighted by molar-refractivity contribution is -0.137. The lowest BCUT2D eigenvalue weighted by atomic mass is 9.93. The van der Waals surface area contributed by atoms with Crippen LogP contribution < -0.4 is 10.7 Å². The number of aliphatic imine (C=N–C) groups is 1. The Kier molecular flexibility index (Phi) is 13.9. The Hall–Kier alpha value is -4.51. The third kappa shape index (κ3) is 10.8. The SMILES string of the molecule is C=C(/N=C(\C(F)=C/C)N1CCOCC1)N/N=C/c1ccc(Nc2cc(C(/C=C/CC)=C(\CC)C/C=C\C)cc(C(F)(F)F)c2)cn1. The van der Waals surface area contributed by atoms with Crippen LogP contribution in [0.25, 0.3) is 5.57 Å². The second-order valence-electron chi connectivity index (χ2n) is 10.3. The first-order valence-electron chi connectivity index (χ1n) is 15.3. The van der Waals surface area contributed by atoms with Crippen molar-refractivity contribution in [1.82, 2.24) is 15.3 Å². The van der Waals surface area contributed by atoms with Crippen LogP contribution >= 0.6 is 0 Å². The molecule has 2 N–H and O–H groups in total. The van der Waals surface area contributed by atoms with E-state index < -0.39 is 17.6 Å². The Bertz CT molecular complexity index is 1500. The van der Waals surface area contributed by atoms with Crippen LogP contribution in [0.2, 0.25) is 0 Å². The summed E-state index contributed by atoms with van der Waals surface area (Å²) in [7, 11) is 0. The normalized spacial score (nSPS) is 15.6. The number of anilines is 2. The van der Waals surface area contributed by atoms with E-state index >= 15 is 0 Å². The zero-order valence-corrected chi connectivity index (χ0v) is 26.8. The third-order valence-corrected chi connectivity index (χ3v) is 6.98. The number of hydrogen-bond acceptors (Lipinski definition) is 6. The fraction of sp³-hybridized carbons (Fsp3) is 0.343. The van der Waals surface area contributed by atoms with Crippen LogP contribution in [0, 0.1) is 0 Å². The summed E-state index contributed by atoms with van der Waals surface area (Å²) in [6.07, 6.45) is 9.67. The van der Waals surface area contributed by atoms with E-state index in [9.17, 15) is 17.6 Å². The molecule has 7 nitrogen and oxygen atoms in total. The smallest absolute Gasteiger partial charge is 0.378 e. The summed E-state index contributed by atoms with van der Waals surface area (Å²) in [5, 5.41) is 7.16. The molecule has 0 spiro atoms. The Labute approximate surface area is 268 Å². The van der Waals surface area contributed by atoms with E-state index in [2.05, 4.69) is 32.4 Å². The summed E-state index contributed by atoms with van der Waals surface area (Å²) in [5.74, 6) is -0.194. The quantitative estimate of drug-likeness (QED) is 0.0572. The number of pyridine rings is 1. The molecule has 1 aromatic carbocycles. The Morgan fingerprint density at radius 1 is 1.09 bits per heavy atom. The average Bonchev–Trinajstić information content (AvgIpc) is 3.05. The number of nitrogens with zero attached hydrogens (tertiary/aromatic N) is 4. The minimum atomic E-state index is -4.52. The second kappa shape index (κ2) is 17.8. The molecule has 0 aliphatic carbocycles. The average molecular weight is 639 g/mol. The maximum atomic E-state index is 14.5. The van der Waals surface area contributed by atoms with Gasteiger partial charge in [-0.25, -0.2) is 9.38 Å². The number of allylic oxidation sites excluding steroid dienone is 7. The van der Waals surface area contributed by atoms with Gasteiger partial charge in [-0.05, 0) is 80.7 Å². The van der Waals surface area contributed by atoms with E-state index in [-0.39, 0.29) is 17.3 Å². The number of benzene rings is 1. The highest BCUT2D eigenvalue weighted by molar-refractivity contribution is 5.97. The monoisotopic (exact) mass is 638 g/mol. The summed E-state index contributed by atoms with van der Waals surface area (Å²) in [6, 6.07) is 7.37. The van der Waals surface area contributed by atoms with Crippen molar-refractivity contribution in [2.24, 2.45) is 10.1 Å². The number of aromatic nitrogens is 1.